The average Bonchev–Trinajstić information content (AvgIpc) is 2.56. The number of rotatable bonds is 5. The van der Waals surface area contributed by atoms with Gasteiger partial charge in [-0.15, -0.1) is 0 Å². The summed E-state index contributed by atoms with van der Waals surface area (Å²) in [7, 11) is 0. The van der Waals surface area contributed by atoms with Gasteiger partial charge in [-0.05, 0) is 19.3 Å². The Labute approximate surface area is 78.1 Å². The first-order valence-corrected chi connectivity index (χ1v) is 4.80. The summed E-state index contributed by atoms with van der Waals surface area (Å²) >= 11 is 0. The molecule has 0 bridgehead atoms. The second-order valence-electron chi connectivity index (χ2n) is 3.51. The van der Waals surface area contributed by atoms with E-state index in [0.29, 0.717) is 19.1 Å². The molecule has 0 heterocycles. The summed E-state index contributed by atoms with van der Waals surface area (Å²) in [5.41, 5.74) is 5.32. The molecule has 1 fully saturated rings. The van der Waals surface area contributed by atoms with Gasteiger partial charge in [0.15, 0.2) is 0 Å². The number of ether oxygens (including phenoxy) is 1. The molecule has 1 aliphatic carbocycles. The minimum atomic E-state index is -0.949. The zero-order chi connectivity index (χ0) is 9.68. The molecule has 0 amide bonds. The van der Waals surface area contributed by atoms with E-state index in [2.05, 4.69) is 0 Å². The summed E-state index contributed by atoms with van der Waals surface area (Å²) in [6.07, 6.45) is 5.45. The molecule has 0 spiro atoms. The van der Waals surface area contributed by atoms with Gasteiger partial charge in [0.1, 0.15) is 6.04 Å². The fourth-order valence-electron chi connectivity index (χ4n) is 1.54. The fraction of sp³-hybridized carbons (Fsp3) is 0.889. The van der Waals surface area contributed by atoms with Crippen LogP contribution in [0.2, 0.25) is 0 Å². The van der Waals surface area contributed by atoms with Crippen molar-refractivity contribution in [2.45, 2.75) is 44.2 Å². The monoisotopic (exact) mass is 187 g/mol. The van der Waals surface area contributed by atoms with Gasteiger partial charge in [-0.25, -0.2) is 0 Å². The maximum absolute atomic E-state index is 10.3. The number of carboxylic acid groups (broad SMARTS) is 1. The van der Waals surface area contributed by atoms with Gasteiger partial charge < -0.3 is 15.6 Å². The zero-order valence-electron chi connectivity index (χ0n) is 7.74. The molecule has 0 aromatic carbocycles. The molecule has 1 rings (SSSR count). The van der Waals surface area contributed by atoms with Gasteiger partial charge in [0.25, 0.3) is 0 Å². The number of nitrogens with two attached hydrogens (primary N) is 1. The summed E-state index contributed by atoms with van der Waals surface area (Å²) in [6.45, 7) is 0.470. The van der Waals surface area contributed by atoms with Gasteiger partial charge in [-0.3, -0.25) is 4.79 Å². The van der Waals surface area contributed by atoms with E-state index < -0.39 is 12.0 Å². The van der Waals surface area contributed by atoms with E-state index in [4.69, 9.17) is 15.6 Å². The number of hydrogen-bond acceptors (Lipinski definition) is 3. The van der Waals surface area contributed by atoms with Crippen LogP contribution in [-0.2, 0) is 9.53 Å². The predicted octanol–water partition coefficient (Wildman–Crippen LogP) is 0.748. The van der Waals surface area contributed by atoms with Crippen LogP contribution < -0.4 is 5.73 Å². The topological polar surface area (TPSA) is 72.5 Å². The Balaban J connectivity index is 2.02. The third kappa shape index (κ3) is 3.74. The van der Waals surface area contributed by atoms with E-state index in [0.717, 1.165) is 12.8 Å². The van der Waals surface area contributed by atoms with Crippen molar-refractivity contribution in [1.82, 2.24) is 0 Å². The minimum Gasteiger partial charge on any atom is -0.480 e. The largest absolute Gasteiger partial charge is 0.480 e. The Bertz CT molecular complexity index is 166. The molecule has 0 aliphatic heterocycles. The number of hydrogen-bond donors (Lipinski definition) is 2. The number of carbonyl (C=O) groups is 1. The van der Waals surface area contributed by atoms with Crippen molar-refractivity contribution in [3.63, 3.8) is 0 Å². The quantitative estimate of drug-likeness (QED) is 0.666. The molecule has 4 nitrogen and oxygen atoms in total. The number of carboxylic acids is 1. The molecular weight excluding hydrogens is 170 g/mol. The molecule has 1 aliphatic rings. The summed E-state index contributed by atoms with van der Waals surface area (Å²) in [5, 5.41) is 8.49. The smallest absolute Gasteiger partial charge is 0.320 e. The standard InChI is InChI=1S/C9H17NO3/c10-8(9(11)12)5-6-13-7-3-1-2-4-7/h7-8H,1-6,10H2,(H,11,12)/t8-/m1/s1. The molecule has 3 N–H and O–H groups in total. The Hall–Kier alpha value is -0.610. The average molecular weight is 187 g/mol. The van der Waals surface area contributed by atoms with Crippen molar-refractivity contribution in [2.24, 2.45) is 5.73 Å². The summed E-state index contributed by atoms with van der Waals surface area (Å²) in [6, 6.07) is -0.776. The molecule has 13 heavy (non-hydrogen) atoms. The van der Waals surface area contributed by atoms with Crippen molar-refractivity contribution in [1.29, 1.82) is 0 Å². The molecule has 0 saturated heterocycles. The van der Waals surface area contributed by atoms with Crippen LogP contribution in [-0.4, -0.2) is 29.8 Å². The van der Waals surface area contributed by atoms with Crippen molar-refractivity contribution < 1.29 is 14.6 Å². The fourth-order valence-corrected chi connectivity index (χ4v) is 1.54. The molecule has 4 heteroatoms. The van der Waals surface area contributed by atoms with Gasteiger partial charge in [0, 0.05) is 6.61 Å². The molecule has 76 valence electrons. The molecule has 0 unspecified atom stereocenters. The summed E-state index contributed by atoms with van der Waals surface area (Å²) in [4.78, 5) is 10.3. The van der Waals surface area contributed by atoms with E-state index in [-0.39, 0.29) is 0 Å². The molecular formula is C9H17NO3. The Morgan fingerprint density at radius 1 is 1.54 bits per heavy atom. The molecule has 1 atom stereocenters. The highest BCUT2D eigenvalue weighted by atomic mass is 16.5. The molecule has 0 aromatic rings. The van der Waals surface area contributed by atoms with Crippen molar-refractivity contribution >= 4 is 5.97 Å². The van der Waals surface area contributed by atoms with E-state index in [1.54, 1.807) is 0 Å². The van der Waals surface area contributed by atoms with Crippen LogP contribution in [0.3, 0.4) is 0 Å². The van der Waals surface area contributed by atoms with Crippen molar-refractivity contribution in [3.05, 3.63) is 0 Å². The Kier molecular flexibility index (Phi) is 4.18. The zero-order valence-corrected chi connectivity index (χ0v) is 7.74. The normalized spacial score (nSPS) is 20.4. The van der Waals surface area contributed by atoms with Crippen LogP contribution in [0.4, 0.5) is 0 Å². The van der Waals surface area contributed by atoms with Gasteiger partial charge in [0.05, 0.1) is 6.10 Å². The highest BCUT2D eigenvalue weighted by Gasteiger charge is 2.16. The maximum atomic E-state index is 10.3. The predicted molar refractivity (Wildman–Crippen MR) is 48.4 cm³/mol. The van der Waals surface area contributed by atoms with E-state index >= 15 is 0 Å². The van der Waals surface area contributed by atoms with Crippen LogP contribution in [0.5, 0.6) is 0 Å². The van der Waals surface area contributed by atoms with Gasteiger partial charge in [0.2, 0.25) is 0 Å². The number of aliphatic carboxylic acids is 1. The second-order valence-corrected chi connectivity index (χ2v) is 3.51. The molecule has 1 saturated carbocycles. The SMILES string of the molecule is N[C@H](CCOC1CCCC1)C(=O)O. The Morgan fingerprint density at radius 2 is 2.15 bits per heavy atom. The third-order valence-electron chi connectivity index (χ3n) is 2.40. The summed E-state index contributed by atoms with van der Waals surface area (Å²) in [5.74, 6) is -0.949. The third-order valence-corrected chi connectivity index (χ3v) is 2.40. The maximum Gasteiger partial charge on any atom is 0.320 e. The van der Waals surface area contributed by atoms with Crippen molar-refractivity contribution in [2.75, 3.05) is 6.61 Å². The van der Waals surface area contributed by atoms with Crippen LogP contribution in [0.15, 0.2) is 0 Å². The second kappa shape index (κ2) is 5.19. The van der Waals surface area contributed by atoms with E-state index in [1.165, 1.54) is 12.8 Å². The van der Waals surface area contributed by atoms with Gasteiger partial charge >= 0.3 is 5.97 Å². The van der Waals surface area contributed by atoms with E-state index in [9.17, 15) is 4.79 Å². The molecule has 0 aromatic heterocycles. The van der Waals surface area contributed by atoms with Crippen LogP contribution in [0, 0.1) is 0 Å². The van der Waals surface area contributed by atoms with E-state index in [1.807, 2.05) is 0 Å². The van der Waals surface area contributed by atoms with Gasteiger partial charge in [-0.2, -0.15) is 0 Å². The Morgan fingerprint density at radius 3 is 2.69 bits per heavy atom. The van der Waals surface area contributed by atoms with Crippen molar-refractivity contribution in [3.8, 4) is 0 Å². The molecule has 0 radical (unpaired) electrons. The first-order valence-electron chi connectivity index (χ1n) is 4.80. The lowest BCUT2D eigenvalue weighted by atomic mass is 10.2. The highest BCUT2D eigenvalue weighted by Crippen LogP contribution is 2.20. The van der Waals surface area contributed by atoms with Gasteiger partial charge in [-0.1, -0.05) is 12.8 Å². The van der Waals surface area contributed by atoms with Crippen LogP contribution in [0.25, 0.3) is 0 Å². The minimum absolute atomic E-state index is 0.348. The first-order chi connectivity index (χ1) is 6.20. The summed E-state index contributed by atoms with van der Waals surface area (Å²) < 4.78 is 5.48. The highest BCUT2D eigenvalue weighted by molar-refractivity contribution is 5.72. The lowest BCUT2D eigenvalue weighted by molar-refractivity contribution is -0.139. The lowest BCUT2D eigenvalue weighted by Gasteiger charge is -2.12. The van der Waals surface area contributed by atoms with Crippen LogP contribution >= 0.6 is 0 Å². The lowest BCUT2D eigenvalue weighted by Crippen LogP contribution is -2.31. The van der Waals surface area contributed by atoms with Crippen LogP contribution in [0.1, 0.15) is 32.1 Å². The first kappa shape index (κ1) is 10.5.